The fourth-order valence-corrected chi connectivity index (χ4v) is 5.29. The molecule has 0 aliphatic carbocycles. The maximum absolute atomic E-state index is 13.5. The third kappa shape index (κ3) is 5.25. The summed E-state index contributed by atoms with van der Waals surface area (Å²) in [6.45, 7) is 10.6. The third-order valence-electron chi connectivity index (χ3n) is 5.71. The fraction of sp³-hybridized carbons (Fsp3) is 0.455. The van der Waals surface area contributed by atoms with Crippen molar-refractivity contribution in [1.82, 2.24) is 14.2 Å². The van der Waals surface area contributed by atoms with Gasteiger partial charge in [-0.25, -0.2) is 13.4 Å². The van der Waals surface area contributed by atoms with E-state index in [1.54, 1.807) is 26.0 Å². The van der Waals surface area contributed by atoms with Crippen LogP contribution >= 0.6 is 0 Å². The molecule has 1 aliphatic heterocycles. The van der Waals surface area contributed by atoms with E-state index in [4.69, 9.17) is 0 Å². The number of benzene rings is 1. The van der Waals surface area contributed by atoms with Crippen LogP contribution in [-0.2, 0) is 10.0 Å². The Bertz CT molecular complexity index is 1050. The smallest absolute Gasteiger partial charge is 0.255 e. The second-order valence-corrected chi connectivity index (χ2v) is 9.45. The Labute approximate surface area is 189 Å². The summed E-state index contributed by atoms with van der Waals surface area (Å²) in [6, 6.07) is 7.27. The van der Waals surface area contributed by atoms with Crippen molar-refractivity contribution in [2.24, 2.45) is 0 Å². The summed E-state index contributed by atoms with van der Waals surface area (Å²) in [7, 11) is -3.71. The molecular weight excluding hydrogens is 433 g/mol. The number of pyridine rings is 1. The number of carbonyl (C=O) groups excluding carboxylic acids is 1. The van der Waals surface area contributed by atoms with E-state index >= 15 is 0 Å². The van der Waals surface area contributed by atoms with Crippen molar-refractivity contribution in [3.05, 3.63) is 48.0 Å². The lowest BCUT2D eigenvalue weighted by Crippen LogP contribution is -2.46. The van der Waals surface area contributed by atoms with Crippen LogP contribution < -0.4 is 10.2 Å². The first kappa shape index (κ1) is 24.1. The highest BCUT2D eigenvalue weighted by molar-refractivity contribution is 7.89. The predicted octanol–water partition coefficient (Wildman–Crippen LogP) is 2.65. The molecular formula is C22H30FN5O3S. The lowest BCUT2D eigenvalue weighted by molar-refractivity contribution is 0.102. The van der Waals surface area contributed by atoms with E-state index in [1.165, 1.54) is 22.6 Å². The van der Waals surface area contributed by atoms with Gasteiger partial charge in [-0.1, -0.05) is 20.8 Å². The van der Waals surface area contributed by atoms with Crippen molar-refractivity contribution in [3.8, 4) is 0 Å². The van der Waals surface area contributed by atoms with Gasteiger partial charge < -0.3 is 15.1 Å². The van der Waals surface area contributed by atoms with Crippen molar-refractivity contribution in [1.29, 1.82) is 0 Å². The van der Waals surface area contributed by atoms with Crippen molar-refractivity contribution < 1.29 is 17.6 Å². The Morgan fingerprint density at radius 1 is 1.09 bits per heavy atom. The Morgan fingerprint density at radius 2 is 1.78 bits per heavy atom. The molecule has 1 saturated heterocycles. The quantitative estimate of drug-likeness (QED) is 0.606. The summed E-state index contributed by atoms with van der Waals surface area (Å²) in [5.74, 6) is -1.29. The zero-order chi connectivity index (χ0) is 23.3. The number of hydrogen-bond acceptors (Lipinski definition) is 6. The maximum atomic E-state index is 13.5. The zero-order valence-electron chi connectivity index (χ0n) is 18.7. The van der Waals surface area contributed by atoms with Gasteiger partial charge in [-0.2, -0.15) is 8.70 Å². The molecule has 174 valence electrons. The van der Waals surface area contributed by atoms with E-state index in [0.717, 1.165) is 44.5 Å². The first-order valence-electron chi connectivity index (χ1n) is 10.8. The summed E-state index contributed by atoms with van der Waals surface area (Å²) in [4.78, 5) is 20.9. The molecule has 0 unspecified atom stereocenters. The van der Waals surface area contributed by atoms with Gasteiger partial charge in [0.05, 0.1) is 16.3 Å². The summed E-state index contributed by atoms with van der Waals surface area (Å²) in [5, 5.41) is 2.79. The fourth-order valence-electron chi connectivity index (χ4n) is 3.81. The molecule has 1 aromatic heterocycles. The number of piperazine rings is 1. The van der Waals surface area contributed by atoms with Crippen molar-refractivity contribution >= 4 is 27.3 Å². The minimum Gasteiger partial charge on any atom is -0.367 e. The van der Waals surface area contributed by atoms with Gasteiger partial charge in [0.25, 0.3) is 5.91 Å². The van der Waals surface area contributed by atoms with E-state index < -0.39 is 21.9 Å². The number of nitrogens with zero attached hydrogens (tertiary/aromatic N) is 4. The first-order valence-corrected chi connectivity index (χ1v) is 12.3. The highest BCUT2D eigenvalue weighted by Crippen LogP contribution is 2.31. The van der Waals surface area contributed by atoms with Crippen LogP contribution in [0.4, 0.5) is 15.8 Å². The minimum atomic E-state index is -3.71. The number of aromatic nitrogens is 1. The Hall–Kier alpha value is -2.56. The normalized spacial score (nSPS) is 15.2. The number of halogens is 1. The lowest BCUT2D eigenvalue weighted by Gasteiger charge is -2.36. The zero-order valence-corrected chi connectivity index (χ0v) is 19.5. The molecule has 8 nitrogen and oxygen atoms in total. The molecule has 0 atom stereocenters. The molecule has 1 fully saturated rings. The van der Waals surface area contributed by atoms with Crippen LogP contribution in [0.15, 0.2) is 41.4 Å². The summed E-state index contributed by atoms with van der Waals surface area (Å²) < 4.78 is 41.0. The SMILES string of the molecule is CCN1CCN(c2ccc(S(=O)(=O)N(CC)CC)cc2NC(=O)c2ccnc(F)c2)CC1. The molecule has 10 heteroatoms. The Kier molecular flexibility index (Phi) is 7.81. The number of anilines is 2. The highest BCUT2D eigenvalue weighted by atomic mass is 32.2. The molecule has 2 heterocycles. The summed E-state index contributed by atoms with van der Waals surface area (Å²) >= 11 is 0. The average Bonchev–Trinajstić information content (AvgIpc) is 2.79. The molecule has 0 bridgehead atoms. The van der Waals surface area contributed by atoms with Crippen LogP contribution in [0.2, 0.25) is 0 Å². The van der Waals surface area contributed by atoms with Crippen molar-refractivity contribution in [2.75, 3.05) is 56.0 Å². The highest BCUT2D eigenvalue weighted by Gasteiger charge is 2.25. The summed E-state index contributed by atoms with van der Waals surface area (Å²) in [6.07, 6.45) is 1.22. The number of rotatable bonds is 8. The van der Waals surface area contributed by atoms with Crippen LogP contribution in [0.1, 0.15) is 31.1 Å². The van der Waals surface area contributed by atoms with Gasteiger partial charge >= 0.3 is 0 Å². The molecule has 32 heavy (non-hydrogen) atoms. The maximum Gasteiger partial charge on any atom is 0.255 e. The van der Waals surface area contributed by atoms with Crippen LogP contribution in [0.25, 0.3) is 0 Å². The topological polar surface area (TPSA) is 85.9 Å². The predicted molar refractivity (Wildman–Crippen MR) is 123 cm³/mol. The van der Waals surface area contributed by atoms with Crippen molar-refractivity contribution in [3.63, 3.8) is 0 Å². The standard InChI is InChI=1S/C22H30FN5O3S/c1-4-26-11-13-27(14-12-26)20-8-7-18(32(30,31)28(5-2)6-3)16-19(20)25-22(29)17-9-10-24-21(23)15-17/h7-10,15-16H,4-6,11-14H2,1-3H3,(H,25,29). The van der Waals surface area contributed by atoms with Gasteiger partial charge in [0, 0.05) is 57.1 Å². The van der Waals surface area contributed by atoms with E-state index in [0.29, 0.717) is 18.8 Å². The van der Waals surface area contributed by atoms with E-state index in [1.807, 2.05) is 0 Å². The average molecular weight is 464 g/mol. The third-order valence-corrected chi connectivity index (χ3v) is 7.75. The monoisotopic (exact) mass is 463 g/mol. The van der Waals surface area contributed by atoms with Crippen LogP contribution in [0.5, 0.6) is 0 Å². The van der Waals surface area contributed by atoms with E-state index in [2.05, 4.69) is 27.0 Å². The molecule has 0 spiro atoms. The molecule has 2 aromatic rings. The summed E-state index contributed by atoms with van der Waals surface area (Å²) in [5.41, 5.74) is 1.23. The Morgan fingerprint density at radius 3 is 2.38 bits per heavy atom. The number of carbonyl (C=O) groups is 1. The van der Waals surface area contributed by atoms with Gasteiger partial charge in [0.1, 0.15) is 0 Å². The number of amides is 1. The van der Waals surface area contributed by atoms with Gasteiger partial charge in [-0.15, -0.1) is 0 Å². The minimum absolute atomic E-state index is 0.105. The second kappa shape index (κ2) is 10.4. The molecule has 1 aliphatic rings. The van der Waals surface area contributed by atoms with Crippen LogP contribution in [-0.4, -0.2) is 74.3 Å². The van der Waals surface area contributed by atoms with Gasteiger partial charge in [0.2, 0.25) is 16.0 Å². The van der Waals surface area contributed by atoms with Gasteiger partial charge in [-0.3, -0.25) is 4.79 Å². The lowest BCUT2D eigenvalue weighted by atomic mass is 10.2. The molecule has 3 rings (SSSR count). The molecule has 1 aromatic carbocycles. The van der Waals surface area contributed by atoms with Gasteiger partial charge in [0.15, 0.2) is 0 Å². The van der Waals surface area contributed by atoms with Crippen LogP contribution in [0.3, 0.4) is 0 Å². The van der Waals surface area contributed by atoms with Crippen molar-refractivity contribution in [2.45, 2.75) is 25.7 Å². The molecule has 1 N–H and O–H groups in total. The molecule has 0 radical (unpaired) electrons. The Balaban J connectivity index is 1.98. The largest absolute Gasteiger partial charge is 0.367 e. The van der Waals surface area contributed by atoms with E-state index in [9.17, 15) is 17.6 Å². The first-order chi connectivity index (χ1) is 15.3. The number of nitrogens with one attached hydrogen (secondary N) is 1. The van der Waals surface area contributed by atoms with E-state index in [-0.39, 0.29) is 10.5 Å². The number of sulfonamides is 1. The second-order valence-electron chi connectivity index (χ2n) is 7.51. The van der Waals surface area contributed by atoms with Gasteiger partial charge in [-0.05, 0) is 30.8 Å². The molecule has 1 amide bonds. The number of hydrogen-bond donors (Lipinski definition) is 1. The number of likely N-dealkylation sites (N-methyl/N-ethyl adjacent to an activating group) is 1. The molecule has 0 saturated carbocycles. The van der Waals surface area contributed by atoms with Crippen LogP contribution in [0, 0.1) is 5.95 Å².